The van der Waals surface area contributed by atoms with Crippen molar-refractivity contribution in [2.75, 3.05) is 11.9 Å². The smallest absolute Gasteiger partial charge is 0.123 e. The molecule has 1 N–H and O–H groups in total. The van der Waals surface area contributed by atoms with Crippen molar-refractivity contribution in [1.29, 1.82) is 0 Å². The maximum atomic E-state index is 6.38. The molecule has 30 heavy (non-hydrogen) atoms. The van der Waals surface area contributed by atoms with E-state index < -0.39 is 0 Å². The molecule has 0 saturated carbocycles. The van der Waals surface area contributed by atoms with Gasteiger partial charge in [-0.1, -0.05) is 75.4 Å². The van der Waals surface area contributed by atoms with E-state index in [4.69, 9.17) is 9.47 Å². The fraction of sp³-hybridized carbons (Fsp3) is 0.333. The minimum atomic E-state index is 0.101. The Hall–Kier alpha value is -2.94. The van der Waals surface area contributed by atoms with E-state index in [0.717, 1.165) is 42.1 Å². The van der Waals surface area contributed by atoms with Crippen LogP contribution in [0.5, 0.6) is 11.5 Å². The highest BCUT2D eigenvalue weighted by Gasteiger charge is 2.14. The zero-order valence-electron chi connectivity index (χ0n) is 18.3. The molecule has 0 saturated heterocycles. The van der Waals surface area contributed by atoms with Crippen molar-refractivity contribution in [3.05, 3.63) is 90.0 Å². The van der Waals surface area contributed by atoms with Gasteiger partial charge in [0.15, 0.2) is 0 Å². The minimum Gasteiger partial charge on any atom is -0.489 e. The maximum absolute atomic E-state index is 6.38. The molecule has 3 nitrogen and oxygen atoms in total. The normalized spacial score (nSPS) is 12.8. The van der Waals surface area contributed by atoms with Crippen LogP contribution in [-0.2, 0) is 6.61 Å². The van der Waals surface area contributed by atoms with Gasteiger partial charge in [-0.25, -0.2) is 0 Å². The molecule has 0 aliphatic heterocycles. The molecule has 0 bridgehead atoms. The average molecular weight is 404 g/mol. The van der Waals surface area contributed by atoms with Crippen LogP contribution in [0.25, 0.3) is 0 Å². The average Bonchev–Trinajstić information content (AvgIpc) is 2.81. The Labute approximate surface area is 181 Å². The summed E-state index contributed by atoms with van der Waals surface area (Å²) in [7, 11) is 0. The van der Waals surface area contributed by atoms with Crippen LogP contribution in [0.3, 0.4) is 0 Å². The Morgan fingerprint density at radius 1 is 0.833 bits per heavy atom. The highest BCUT2D eigenvalue weighted by atomic mass is 16.5. The number of para-hydroxylation sites is 1. The van der Waals surface area contributed by atoms with E-state index in [1.165, 1.54) is 5.56 Å². The molecule has 0 amide bonds. The summed E-state index contributed by atoms with van der Waals surface area (Å²) in [6, 6.07) is 26.7. The van der Waals surface area contributed by atoms with Crippen LogP contribution in [0.4, 0.5) is 5.69 Å². The van der Waals surface area contributed by atoms with Crippen LogP contribution in [-0.4, -0.2) is 12.6 Å². The zero-order chi connectivity index (χ0) is 21.2. The van der Waals surface area contributed by atoms with E-state index in [9.17, 15) is 0 Å². The third kappa shape index (κ3) is 6.28. The van der Waals surface area contributed by atoms with Crippen LogP contribution >= 0.6 is 0 Å². The van der Waals surface area contributed by atoms with Crippen molar-refractivity contribution >= 4 is 5.69 Å². The van der Waals surface area contributed by atoms with E-state index >= 15 is 0 Å². The van der Waals surface area contributed by atoms with E-state index in [1.807, 2.05) is 36.4 Å². The summed E-state index contributed by atoms with van der Waals surface area (Å²) < 4.78 is 12.3. The molecule has 2 unspecified atom stereocenters. The Balaban J connectivity index is 1.57. The SMILES string of the molecule is CCC(CNc1cccc(OCc2ccccc2)c1)Oc1ccccc1C(C)CC. The first-order chi connectivity index (χ1) is 14.7. The summed E-state index contributed by atoms with van der Waals surface area (Å²) in [6.45, 7) is 7.94. The molecule has 3 rings (SSSR count). The fourth-order valence-corrected chi connectivity index (χ4v) is 3.33. The number of ether oxygens (including phenoxy) is 2. The number of benzene rings is 3. The third-order valence-electron chi connectivity index (χ3n) is 5.43. The zero-order valence-corrected chi connectivity index (χ0v) is 18.3. The van der Waals surface area contributed by atoms with Gasteiger partial charge in [0.1, 0.15) is 24.2 Å². The lowest BCUT2D eigenvalue weighted by Crippen LogP contribution is -2.26. The summed E-state index contributed by atoms with van der Waals surface area (Å²) in [5.41, 5.74) is 3.49. The molecule has 2 atom stereocenters. The Kier molecular flexibility index (Phi) is 8.20. The molecule has 0 aliphatic rings. The Morgan fingerprint density at radius 2 is 1.60 bits per heavy atom. The molecule has 3 aromatic rings. The molecule has 0 heterocycles. The van der Waals surface area contributed by atoms with Gasteiger partial charge in [-0.2, -0.15) is 0 Å². The van der Waals surface area contributed by atoms with Crippen molar-refractivity contribution in [2.45, 2.75) is 52.2 Å². The van der Waals surface area contributed by atoms with Gasteiger partial charge in [0.25, 0.3) is 0 Å². The van der Waals surface area contributed by atoms with Gasteiger partial charge in [0.05, 0.1) is 6.54 Å². The van der Waals surface area contributed by atoms with Crippen LogP contribution in [0, 0.1) is 0 Å². The van der Waals surface area contributed by atoms with Gasteiger partial charge in [0, 0.05) is 11.8 Å². The van der Waals surface area contributed by atoms with Crippen molar-refractivity contribution in [2.24, 2.45) is 0 Å². The number of hydrogen-bond acceptors (Lipinski definition) is 3. The van der Waals surface area contributed by atoms with Gasteiger partial charge >= 0.3 is 0 Å². The van der Waals surface area contributed by atoms with E-state index in [2.05, 4.69) is 68.6 Å². The van der Waals surface area contributed by atoms with Crippen molar-refractivity contribution in [3.63, 3.8) is 0 Å². The highest BCUT2D eigenvalue weighted by molar-refractivity contribution is 5.48. The van der Waals surface area contributed by atoms with Crippen molar-refractivity contribution in [3.8, 4) is 11.5 Å². The summed E-state index contributed by atoms with van der Waals surface area (Å²) in [5.74, 6) is 2.35. The number of rotatable bonds is 11. The molecule has 3 heteroatoms. The van der Waals surface area contributed by atoms with Crippen molar-refractivity contribution in [1.82, 2.24) is 0 Å². The fourth-order valence-electron chi connectivity index (χ4n) is 3.33. The van der Waals surface area contributed by atoms with Crippen LogP contribution in [0.15, 0.2) is 78.9 Å². The predicted octanol–water partition coefficient (Wildman–Crippen LogP) is 7.05. The second-order valence-electron chi connectivity index (χ2n) is 7.68. The monoisotopic (exact) mass is 403 g/mol. The van der Waals surface area contributed by atoms with Gasteiger partial charge in [-0.05, 0) is 48.1 Å². The van der Waals surface area contributed by atoms with E-state index in [0.29, 0.717) is 12.5 Å². The standard InChI is InChI=1S/C27H33NO2/c1-4-21(3)26-16-9-10-17-27(26)30-24(5-2)19-28-23-14-11-15-25(18-23)29-20-22-12-7-6-8-13-22/h6-18,21,24,28H,4-5,19-20H2,1-3H3. The van der Waals surface area contributed by atoms with E-state index in [1.54, 1.807) is 0 Å². The van der Waals surface area contributed by atoms with Gasteiger partial charge in [-0.15, -0.1) is 0 Å². The lowest BCUT2D eigenvalue weighted by Gasteiger charge is -2.22. The second-order valence-corrected chi connectivity index (χ2v) is 7.68. The first-order valence-electron chi connectivity index (χ1n) is 11.0. The topological polar surface area (TPSA) is 30.5 Å². The number of anilines is 1. The van der Waals surface area contributed by atoms with Crippen LogP contribution in [0.1, 0.15) is 50.7 Å². The summed E-state index contributed by atoms with van der Waals surface area (Å²) in [4.78, 5) is 0. The molecule has 158 valence electrons. The maximum Gasteiger partial charge on any atom is 0.123 e. The Morgan fingerprint density at radius 3 is 2.37 bits per heavy atom. The van der Waals surface area contributed by atoms with Crippen molar-refractivity contribution < 1.29 is 9.47 Å². The lowest BCUT2D eigenvalue weighted by atomic mass is 9.98. The summed E-state index contributed by atoms with van der Waals surface area (Å²) in [5, 5.41) is 3.51. The molecule has 0 radical (unpaired) electrons. The number of nitrogens with one attached hydrogen (secondary N) is 1. The number of hydrogen-bond donors (Lipinski definition) is 1. The largest absolute Gasteiger partial charge is 0.489 e. The van der Waals surface area contributed by atoms with Gasteiger partial charge in [-0.3, -0.25) is 0 Å². The molecule has 3 aromatic carbocycles. The van der Waals surface area contributed by atoms with Gasteiger partial charge < -0.3 is 14.8 Å². The first-order valence-corrected chi connectivity index (χ1v) is 11.0. The second kappa shape index (κ2) is 11.3. The van der Waals surface area contributed by atoms with Gasteiger partial charge in [0.2, 0.25) is 0 Å². The van der Waals surface area contributed by atoms with E-state index in [-0.39, 0.29) is 6.10 Å². The third-order valence-corrected chi connectivity index (χ3v) is 5.43. The predicted molar refractivity (Wildman–Crippen MR) is 126 cm³/mol. The minimum absolute atomic E-state index is 0.101. The molecular formula is C27H33NO2. The van der Waals surface area contributed by atoms with Crippen LogP contribution < -0.4 is 14.8 Å². The molecule has 0 aliphatic carbocycles. The first kappa shape index (κ1) is 21.8. The molecular weight excluding hydrogens is 370 g/mol. The molecule has 0 fully saturated rings. The highest BCUT2D eigenvalue weighted by Crippen LogP contribution is 2.29. The lowest BCUT2D eigenvalue weighted by molar-refractivity contribution is 0.207. The molecule has 0 aromatic heterocycles. The summed E-state index contributed by atoms with van der Waals surface area (Å²) in [6.07, 6.45) is 2.14. The quantitative estimate of drug-likeness (QED) is 0.372. The summed E-state index contributed by atoms with van der Waals surface area (Å²) >= 11 is 0. The van der Waals surface area contributed by atoms with Crippen LogP contribution in [0.2, 0.25) is 0 Å². The Bertz CT molecular complexity index is 894. The molecule has 0 spiro atoms.